The number of pyridine rings is 1. The van der Waals surface area contributed by atoms with Gasteiger partial charge in [0, 0.05) is 0 Å². The Morgan fingerprint density at radius 1 is 1.05 bits per heavy atom. The SMILES string of the molecule is Cc1nc(Cl)ccc1NC(c1ccccc1)C(C)C. The van der Waals surface area contributed by atoms with Gasteiger partial charge in [0.15, 0.2) is 0 Å². The Balaban J connectivity index is 2.27. The summed E-state index contributed by atoms with van der Waals surface area (Å²) in [6.45, 7) is 6.39. The number of nitrogens with zero attached hydrogens (tertiary/aromatic N) is 1. The number of nitrogens with one attached hydrogen (secondary N) is 1. The van der Waals surface area contributed by atoms with Crippen molar-refractivity contribution in [2.75, 3.05) is 5.32 Å². The van der Waals surface area contributed by atoms with Gasteiger partial charge in [0.2, 0.25) is 0 Å². The Labute approximate surface area is 119 Å². The average Bonchev–Trinajstić information content (AvgIpc) is 2.38. The largest absolute Gasteiger partial charge is 0.377 e. The minimum absolute atomic E-state index is 0.267. The Morgan fingerprint density at radius 3 is 2.32 bits per heavy atom. The maximum absolute atomic E-state index is 5.89. The zero-order valence-electron chi connectivity index (χ0n) is 11.5. The fraction of sp³-hybridized carbons (Fsp3) is 0.312. The van der Waals surface area contributed by atoms with E-state index in [0.717, 1.165) is 11.4 Å². The van der Waals surface area contributed by atoms with Crippen molar-refractivity contribution >= 4 is 17.3 Å². The summed E-state index contributed by atoms with van der Waals surface area (Å²) in [5.74, 6) is 0.484. The third-order valence-corrected chi connectivity index (χ3v) is 3.40. The molecule has 3 heteroatoms. The number of benzene rings is 1. The second-order valence-electron chi connectivity index (χ2n) is 5.04. The van der Waals surface area contributed by atoms with Crippen LogP contribution in [0.25, 0.3) is 0 Å². The van der Waals surface area contributed by atoms with E-state index in [1.54, 1.807) is 0 Å². The number of hydrogen-bond donors (Lipinski definition) is 1. The van der Waals surface area contributed by atoms with Crippen LogP contribution in [0.15, 0.2) is 42.5 Å². The minimum atomic E-state index is 0.267. The molecule has 0 saturated heterocycles. The van der Waals surface area contributed by atoms with Gasteiger partial charge in [-0.15, -0.1) is 0 Å². The van der Waals surface area contributed by atoms with Crippen LogP contribution in [0.2, 0.25) is 5.15 Å². The molecule has 0 radical (unpaired) electrons. The molecule has 0 bridgehead atoms. The Hall–Kier alpha value is -1.54. The van der Waals surface area contributed by atoms with Gasteiger partial charge in [-0.05, 0) is 30.5 Å². The average molecular weight is 275 g/mol. The molecular formula is C16H19ClN2. The van der Waals surface area contributed by atoms with Crippen LogP contribution in [0.5, 0.6) is 0 Å². The summed E-state index contributed by atoms with van der Waals surface area (Å²) in [5, 5.41) is 4.10. The molecule has 1 atom stereocenters. The van der Waals surface area contributed by atoms with E-state index < -0.39 is 0 Å². The third-order valence-electron chi connectivity index (χ3n) is 3.19. The monoisotopic (exact) mass is 274 g/mol. The van der Waals surface area contributed by atoms with Gasteiger partial charge in [0.25, 0.3) is 0 Å². The minimum Gasteiger partial charge on any atom is -0.377 e. The van der Waals surface area contributed by atoms with Crippen molar-refractivity contribution in [3.63, 3.8) is 0 Å². The maximum atomic E-state index is 5.89. The van der Waals surface area contributed by atoms with Crippen molar-refractivity contribution in [2.45, 2.75) is 26.8 Å². The molecule has 0 fully saturated rings. The van der Waals surface area contributed by atoms with E-state index in [2.05, 4.69) is 48.4 Å². The van der Waals surface area contributed by atoms with Crippen LogP contribution < -0.4 is 5.32 Å². The normalized spacial score (nSPS) is 12.5. The lowest BCUT2D eigenvalue weighted by molar-refractivity contribution is 0.546. The number of anilines is 1. The molecule has 1 N–H and O–H groups in total. The first-order chi connectivity index (χ1) is 9.08. The van der Waals surface area contributed by atoms with E-state index in [-0.39, 0.29) is 6.04 Å². The molecule has 0 aliphatic carbocycles. The predicted molar refractivity (Wildman–Crippen MR) is 81.6 cm³/mol. The zero-order chi connectivity index (χ0) is 13.8. The molecule has 0 saturated carbocycles. The Bertz CT molecular complexity index is 538. The van der Waals surface area contributed by atoms with Crippen LogP contribution in [0, 0.1) is 12.8 Å². The van der Waals surface area contributed by atoms with Crippen molar-refractivity contribution in [1.29, 1.82) is 0 Å². The number of aryl methyl sites for hydroxylation is 1. The smallest absolute Gasteiger partial charge is 0.129 e. The van der Waals surface area contributed by atoms with Crippen LogP contribution in [-0.4, -0.2) is 4.98 Å². The molecule has 0 aliphatic heterocycles. The molecule has 1 aromatic carbocycles. The van der Waals surface area contributed by atoms with Crippen molar-refractivity contribution in [3.8, 4) is 0 Å². The first kappa shape index (κ1) is 13.9. The first-order valence-electron chi connectivity index (χ1n) is 6.52. The third kappa shape index (κ3) is 3.48. The summed E-state index contributed by atoms with van der Waals surface area (Å²) in [7, 11) is 0. The number of hydrogen-bond acceptors (Lipinski definition) is 2. The molecule has 100 valence electrons. The second-order valence-corrected chi connectivity index (χ2v) is 5.43. The zero-order valence-corrected chi connectivity index (χ0v) is 12.3. The lowest BCUT2D eigenvalue weighted by Gasteiger charge is -2.24. The van der Waals surface area contributed by atoms with E-state index in [4.69, 9.17) is 11.6 Å². The van der Waals surface area contributed by atoms with Crippen LogP contribution in [0.1, 0.15) is 31.1 Å². The van der Waals surface area contributed by atoms with Gasteiger partial charge >= 0.3 is 0 Å². The summed E-state index contributed by atoms with van der Waals surface area (Å²) in [6, 6.07) is 14.5. The molecule has 0 aliphatic rings. The standard InChI is InChI=1S/C16H19ClN2/c1-11(2)16(13-7-5-4-6-8-13)19-14-9-10-15(17)18-12(14)3/h4-11,16,19H,1-3H3. The summed E-state index contributed by atoms with van der Waals surface area (Å²) in [4.78, 5) is 4.28. The molecule has 1 unspecified atom stereocenters. The molecule has 2 aromatic rings. The summed E-state index contributed by atoms with van der Waals surface area (Å²) in [6.07, 6.45) is 0. The predicted octanol–water partition coefficient (Wildman–Crippen LogP) is 4.85. The molecule has 0 spiro atoms. The molecular weight excluding hydrogens is 256 g/mol. The fourth-order valence-corrected chi connectivity index (χ4v) is 2.34. The topological polar surface area (TPSA) is 24.9 Å². The summed E-state index contributed by atoms with van der Waals surface area (Å²) in [5.41, 5.74) is 3.24. The molecule has 2 rings (SSSR count). The van der Waals surface area contributed by atoms with Gasteiger partial charge in [-0.1, -0.05) is 55.8 Å². The first-order valence-corrected chi connectivity index (χ1v) is 6.90. The van der Waals surface area contributed by atoms with E-state index in [9.17, 15) is 0 Å². The highest BCUT2D eigenvalue weighted by Crippen LogP contribution is 2.28. The highest BCUT2D eigenvalue weighted by molar-refractivity contribution is 6.29. The molecule has 1 aromatic heterocycles. The summed E-state index contributed by atoms with van der Waals surface area (Å²) >= 11 is 5.89. The van der Waals surface area contributed by atoms with Gasteiger partial charge < -0.3 is 5.32 Å². The molecule has 19 heavy (non-hydrogen) atoms. The van der Waals surface area contributed by atoms with Crippen molar-refractivity contribution in [1.82, 2.24) is 4.98 Å². The van der Waals surface area contributed by atoms with Crippen molar-refractivity contribution < 1.29 is 0 Å². The lowest BCUT2D eigenvalue weighted by atomic mass is 9.95. The van der Waals surface area contributed by atoms with Crippen molar-refractivity contribution in [3.05, 3.63) is 58.9 Å². The van der Waals surface area contributed by atoms with E-state index in [1.165, 1.54) is 5.56 Å². The van der Waals surface area contributed by atoms with Crippen molar-refractivity contribution in [2.24, 2.45) is 5.92 Å². The van der Waals surface area contributed by atoms with E-state index in [1.807, 2.05) is 25.1 Å². The van der Waals surface area contributed by atoms with Crippen LogP contribution >= 0.6 is 11.6 Å². The Morgan fingerprint density at radius 2 is 1.74 bits per heavy atom. The van der Waals surface area contributed by atoms with Crippen LogP contribution in [0.3, 0.4) is 0 Å². The Kier molecular flexibility index (Phi) is 4.43. The fourth-order valence-electron chi connectivity index (χ4n) is 2.15. The van der Waals surface area contributed by atoms with Gasteiger partial charge in [0.05, 0.1) is 17.4 Å². The quantitative estimate of drug-likeness (QED) is 0.806. The number of aromatic nitrogens is 1. The van der Waals surface area contributed by atoms with E-state index >= 15 is 0 Å². The van der Waals surface area contributed by atoms with Crippen LogP contribution in [-0.2, 0) is 0 Å². The maximum Gasteiger partial charge on any atom is 0.129 e. The number of rotatable bonds is 4. The highest BCUT2D eigenvalue weighted by Gasteiger charge is 2.16. The van der Waals surface area contributed by atoms with Gasteiger partial charge in [0.1, 0.15) is 5.15 Å². The lowest BCUT2D eigenvalue weighted by Crippen LogP contribution is -2.17. The molecule has 0 amide bonds. The summed E-state index contributed by atoms with van der Waals surface area (Å²) < 4.78 is 0. The number of halogens is 1. The molecule has 1 heterocycles. The van der Waals surface area contributed by atoms with Gasteiger partial charge in [-0.25, -0.2) is 4.98 Å². The highest BCUT2D eigenvalue weighted by atomic mass is 35.5. The van der Waals surface area contributed by atoms with Gasteiger partial charge in [-0.2, -0.15) is 0 Å². The molecule has 2 nitrogen and oxygen atoms in total. The van der Waals surface area contributed by atoms with Gasteiger partial charge in [-0.3, -0.25) is 0 Å². The van der Waals surface area contributed by atoms with E-state index in [0.29, 0.717) is 11.1 Å². The van der Waals surface area contributed by atoms with Crippen LogP contribution in [0.4, 0.5) is 5.69 Å². The second kappa shape index (κ2) is 6.07.